The van der Waals surface area contributed by atoms with Gasteiger partial charge in [-0.1, -0.05) is 20.8 Å². The molecule has 0 spiro atoms. The third kappa shape index (κ3) is 4.38. The molecule has 1 N–H and O–H groups in total. The third-order valence-corrected chi connectivity index (χ3v) is 1.99. The maximum atomic E-state index is 9.69. The average molecular weight is 160 g/mol. The molecule has 0 saturated heterocycles. The highest BCUT2D eigenvalue weighted by molar-refractivity contribution is 4.75. The van der Waals surface area contributed by atoms with Gasteiger partial charge in [0.05, 0.1) is 12.2 Å². The second kappa shape index (κ2) is 4.73. The van der Waals surface area contributed by atoms with Crippen molar-refractivity contribution >= 4 is 0 Å². The van der Waals surface area contributed by atoms with Crippen LogP contribution >= 0.6 is 0 Å². The lowest BCUT2D eigenvalue weighted by atomic mass is 9.94. The Morgan fingerprint density at radius 3 is 2.36 bits per heavy atom. The molecule has 68 valence electrons. The van der Waals surface area contributed by atoms with E-state index < -0.39 is 5.60 Å². The molecular weight excluding hydrogens is 140 g/mol. The third-order valence-electron chi connectivity index (χ3n) is 1.99. The van der Waals surface area contributed by atoms with Crippen LogP contribution < -0.4 is 0 Å². The molecule has 0 radical (unpaired) electrons. The lowest BCUT2D eigenvalue weighted by Gasteiger charge is -2.27. The topological polar surface area (TPSA) is 29.5 Å². The lowest BCUT2D eigenvalue weighted by molar-refractivity contribution is -0.0627. The zero-order valence-corrected chi connectivity index (χ0v) is 8.05. The van der Waals surface area contributed by atoms with Gasteiger partial charge < -0.3 is 9.84 Å². The van der Waals surface area contributed by atoms with E-state index in [4.69, 9.17) is 4.74 Å². The Hall–Kier alpha value is -0.0800. The Balaban J connectivity index is 3.55. The first kappa shape index (κ1) is 10.9. The van der Waals surface area contributed by atoms with Gasteiger partial charge in [-0.2, -0.15) is 0 Å². The number of hydrogen-bond donors (Lipinski definition) is 1. The van der Waals surface area contributed by atoms with Crippen LogP contribution in [-0.2, 0) is 4.74 Å². The van der Waals surface area contributed by atoms with Crippen LogP contribution in [0.5, 0.6) is 0 Å². The van der Waals surface area contributed by atoms with Crippen LogP contribution in [-0.4, -0.2) is 23.9 Å². The van der Waals surface area contributed by atoms with Crippen molar-refractivity contribution in [1.29, 1.82) is 0 Å². The minimum absolute atomic E-state index is 0.249. The van der Waals surface area contributed by atoms with Crippen molar-refractivity contribution < 1.29 is 9.84 Å². The van der Waals surface area contributed by atoms with Crippen molar-refractivity contribution in [3.63, 3.8) is 0 Å². The number of aliphatic hydroxyl groups is 1. The van der Waals surface area contributed by atoms with Gasteiger partial charge in [-0.25, -0.2) is 0 Å². The molecule has 0 fully saturated rings. The van der Waals surface area contributed by atoms with Crippen LogP contribution in [0.4, 0.5) is 0 Å². The molecule has 0 aromatic carbocycles. The maximum Gasteiger partial charge on any atom is 0.0874 e. The Morgan fingerprint density at radius 1 is 1.45 bits per heavy atom. The van der Waals surface area contributed by atoms with Gasteiger partial charge >= 0.3 is 0 Å². The van der Waals surface area contributed by atoms with Crippen molar-refractivity contribution in [3.05, 3.63) is 0 Å². The zero-order valence-electron chi connectivity index (χ0n) is 8.05. The molecule has 0 saturated carbocycles. The fourth-order valence-corrected chi connectivity index (χ4v) is 0.590. The lowest BCUT2D eigenvalue weighted by Crippen LogP contribution is -2.36. The summed E-state index contributed by atoms with van der Waals surface area (Å²) >= 11 is 0. The minimum atomic E-state index is -0.671. The van der Waals surface area contributed by atoms with Crippen LogP contribution in [0.1, 0.15) is 34.1 Å². The quantitative estimate of drug-likeness (QED) is 0.622. The normalized spacial score (nSPS) is 16.9. The van der Waals surface area contributed by atoms with E-state index in [-0.39, 0.29) is 5.92 Å². The summed E-state index contributed by atoms with van der Waals surface area (Å²) in [6, 6.07) is 0. The highest BCUT2D eigenvalue weighted by Gasteiger charge is 2.24. The smallest absolute Gasteiger partial charge is 0.0874 e. The monoisotopic (exact) mass is 160 g/mol. The van der Waals surface area contributed by atoms with E-state index in [9.17, 15) is 5.11 Å². The molecule has 0 heterocycles. The van der Waals surface area contributed by atoms with E-state index in [2.05, 4.69) is 6.92 Å². The second-order valence-electron chi connectivity index (χ2n) is 3.56. The predicted molar refractivity (Wildman–Crippen MR) is 46.6 cm³/mol. The van der Waals surface area contributed by atoms with Gasteiger partial charge in [0.25, 0.3) is 0 Å². The van der Waals surface area contributed by atoms with Crippen molar-refractivity contribution in [1.82, 2.24) is 0 Å². The van der Waals surface area contributed by atoms with Crippen LogP contribution in [0.15, 0.2) is 0 Å². The van der Waals surface area contributed by atoms with Crippen LogP contribution in [0.2, 0.25) is 0 Å². The van der Waals surface area contributed by atoms with Crippen molar-refractivity contribution in [3.8, 4) is 0 Å². The van der Waals surface area contributed by atoms with E-state index in [0.717, 1.165) is 13.0 Å². The van der Waals surface area contributed by atoms with E-state index >= 15 is 0 Å². The van der Waals surface area contributed by atoms with E-state index in [1.165, 1.54) is 0 Å². The number of hydrogen-bond acceptors (Lipinski definition) is 2. The average Bonchev–Trinajstić information content (AvgIpc) is 1.88. The van der Waals surface area contributed by atoms with Gasteiger partial charge in [0.15, 0.2) is 0 Å². The fraction of sp³-hybridized carbons (Fsp3) is 1.00. The predicted octanol–water partition coefficient (Wildman–Crippen LogP) is 1.82. The van der Waals surface area contributed by atoms with E-state index in [1.54, 1.807) is 0 Å². The minimum Gasteiger partial charge on any atom is -0.388 e. The molecule has 0 aromatic heterocycles. The Bertz CT molecular complexity index is 97.7. The zero-order chi connectivity index (χ0) is 8.91. The summed E-state index contributed by atoms with van der Waals surface area (Å²) in [6.07, 6.45) is 1.01. The Kier molecular flexibility index (Phi) is 4.69. The molecule has 0 rings (SSSR count). The van der Waals surface area contributed by atoms with Crippen molar-refractivity contribution in [2.45, 2.75) is 39.7 Å². The highest BCUT2D eigenvalue weighted by Crippen LogP contribution is 2.15. The summed E-state index contributed by atoms with van der Waals surface area (Å²) in [4.78, 5) is 0. The van der Waals surface area contributed by atoms with Crippen LogP contribution in [0.25, 0.3) is 0 Å². The van der Waals surface area contributed by atoms with Crippen LogP contribution in [0, 0.1) is 5.92 Å². The van der Waals surface area contributed by atoms with E-state index in [0.29, 0.717) is 6.61 Å². The van der Waals surface area contributed by atoms with Gasteiger partial charge in [0.1, 0.15) is 0 Å². The first-order chi connectivity index (χ1) is 5.00. The molecular formula is C9H20O2. The largest absolute Gasteiger partial charge is 0.388 e. The maximum absolute atomic E-state index is 9.69. The van der Waals surface area contributed by atoms with Gasteiger partial charge in [0, 0.05) is 6.61 Å². The van der Waals surface area contributed by atoms with Gasteiger partial charge in [-0.15, -0.1) is 0 Å². The van der Waals surface area contributed by atoms with Gasteiger partial charge in [0.2, 0.25) is 0 Å². The molecule has 2 heteroatoms. The SMILES string of the molecule is CCCOCC(C)(O)C(C)C. The number of ether oxygens (including phenoxy) is 1. The first-order valence-electron chi connectivity index (χ1n) is 4.30. The standard InChI is InChI=1S/C9H20O2/c1-5-6-11-7-9(4,10)8(2)3/h8,10H,5-7H2,1-4H3. The molecule has 2 nitrogen and oxygen atoms in total. The molecule has 0 amide bonds. The molecule has 0 aliphatic rings. The van der Waals surface area contributed by atoms with E-state index in [1.807, 2.05) is 20.8 Å². The van der Waals surface area contributed by atoms with Gasteiger partial charge in [-0.3, -0.25) is 0 Å². The Morgan fingerprint density at radius 2 is 2.00 bits per heavy atom. The van der Waals surface area contributed by atoms with Crippen LogP contribution in [0.3, 0.4) is 0 Å². The molecule has 1 unspecified atom stereocenters. The molecule has 0 aliphatic heterocycles. The summed E-state index contributed by atoms with van der Waals surface area (Å²) in [5, 5.41) is 9.69. The Labute approximate surface area is 69.6 Å². The first-order valence-corrected chi connectivity index (χ1v) is 4.30. The van der Waals surface area contributed by atoms with Crippen molar-refractivity contribution in [2.24, 2.45) is 5.92 Å². The molecule has 1 atom stereocenters. The fourth-order valence-electron chi connectivity index (χ4n) is 0.590. The molecule has 11 heavy (non-hydrogen) atoms. The van der Waals surface area contributed by atoms with Crippen molar-refractivity contribution in [2.75, 3.05) is 13.2 Å². The molecule has 0 bridgehead atoms. The summed E-state index contributed by atoms with van der Waals surface area (Å²) in [5.74, 6) is 0.249. The second-order valence-corrected chi connectivity index (χ2v) is 3.56. The summed E-state index contributed by atoms with van der Waals surface area (Å²) in [6.45, 7) is 9.05. The summed E-state index contributed by atoms with van der Waals surface area (Å²) < 4.78 is 5.26. The summed E-state index contributed by atoms with van der Waals surface area (Å²) in [5.41, 5.74) is -0.671. The summed E-state index contributed by atoms with van der Waals surface area (Å²) in [7, 11) is 0. The number of rotatable bonds is 5. The molecule has 0 aromatic rings. The van der Waals surface area contributed by atoms with Gasteiger partial charge in [-0.05, 0) is 19.3 Å². The highest BCUT2D eigenvalue weighted by atomic mass is 16.5. The molecule has 0 aliphatic carbocycles.